The van der Waals surface area contributed by atoms with Crippen LogP contribution in [0.2, 0.25) is 0 Å². The summed E-state index contributed by atoms with van der Waals surface area (Å²) in [6.07, 6.45) is 5.39. The number of carbonyl (C=O) groups excluding carboxylic acids is 2. The lowest BCUT2D eigenvalue weighted by Gasteiger charge is -2.41. The molecular formula is C23H36N4O3. The fourth-order valence-corrected chi connectivity index (χ4v) is 4.16. The third kappa shape index (κ3) is 6.69. The third-order valence-electron chi connectivity index (χ3n) is 5.86. The molecule has 0 radical (unpaired) electrons. The van der Waals surface area contributed by atoms with E-state index in [-0.39, 0.29) is 23.3 Å². The Morgan fingerprint density at radius 3 is 2.60 bits per heavy atom. The van der Waals surface area contributed by atoms with Gasteiger partial charge in [-0.1, -0.05) is 26.8 Å². The van der Waals surface area contributed by atoms with E-state index in [1.807, 2.05) is 23.1 Å². The fraction of sp³-hybridized carbons (Fsp3) is 0.696. The van der Waals surface area contributed by atoms with Crippen LogP contribution >= 0.6 is 0 Å². The highest BCUT2D eigenvalue weighted by atomic mass is 16.6. The van der Waals surface area contributed by atoms with Crippen LogP contribution in [0.3, 0.4) is 0 Å². The first-order valence-electron chi connectivity index (χ1n) is 11.2. The summed E-state index contributed by atoms with van der Waals surface area (Å²) in [4.78, 5) is 33.5. The average molecular weight is 417 g/mol. The topological polar surface area (TPSA) is 74.8 Å². The Labute approximate surface area is 180 Å². The van der Waals surface area contributed by atoms with Gasteiger partial charge >= 0.3 is 6.09 Å². The van der Waals surface area contributed by atoms with Gasteiger partial charge in [0.1, 0.15) is 0 Å². The molecule has 2 aliphatic heterocycles. The molecule has 166 valence electrons. The van der Waals surface area contributed by atoms with Crippen molar-refractivity contribution in [2.24, 2.45) is 11.3 Å². The molecule has 7 nitrogen and oxygen atoms in total. The molecule has 1 aromatic heterocycles. The normalized spacial score (nSPS) is 21.3. The van der Waals surface area contributed by atoms with Crippen molar-refractivity contribution in [1.82, 2.24) is 20.1 Å². The number of hydrogen-bond acceptors (Lipinski definition) is 5. The number of carbonyl (C=O) groups is 2. The van der Waals surface area contributed by atoms with E-state index in [9.17, 15) is 9.59 Å². The van der Waals surface area contributed by atoms with Crippen molar-refractivity contribution in [3.63, 3.8) is 0 Å². The van der Waals surface area contributed by atoms with E-state index in [1.165, 1.54) is 0 Å². The highest BCUT2D eigenvalue weighted by Crippen LogP contribution is 2.25. The van der Waals surface area contributed by atoms with Crippen molar-refractivity contribution in [3.05, 3.63) is 30.1 Å². The number of pyridine rings is 1. The molecule has 1 aromatic rings. The number of likely N-dealkylation sites (tertiary alicyclic amines) is 2. The number of nitrogens with zero attached hydrogens (tertiary/aromatic N) is 3. The Morgan fingerprint density at radius 1 is 1.17 bits per heavy atom. The van der Waals surface area contributed by atoms with Gasteiger partial charge in [0.25, 0.3) is 0 Å². The van der Waals surface area contributed by atoms with E-state index in [0.717, 1.165) is 57.6 Å². The summed E-state index contributed by atoms with van der Waals surface area (Å²) in [6.45, 7) is 10.4. The molecule has 0 saturated carbocycles. The SMILES string of the molecule is CC(C)(C)COC(=O)N1CCC(N2CCC[C@H](C(=O)NCc3ccccn3)C2)CC1. The summed E-state index contributed by atoms with van der Waals surface area (Å²) < 4.78 is 5.45. The van der Waals surface area contributed by atoms with Gasteiger partial charge in [-0.2, -0.15) is 0 Å². The predicted octanol–water partition coefficient (Wildman–Crippen LogP) is 3.06. The molecule has 1 atom stereocenters. The number of nitrogens with one attached hydrogen (secondary N) is 1. The van der Waals surface area contributed by atoms with Gasteiger partial charge in [0.05, 0.1) is 24.8 Å². The van der Waals surface area contributed by atoms with Gasteiger partial charge in [-0.15, -0.1) is 0 Å². The largest absolute Gasteiger partial charge is 0.449 e. The van der Waals surface area contributed by atoms with Crippen LogP contribution in [0.1, 0.15) is 52.1 Å². The van der Waals surface area contributed by atoms with Crippen molar-refractivity contribution < 1.29 is 14.3 Å². The average Bonchev–Trinajstić information content (AvgIpc) is 2.76. The van der Waals surface area contributed by atoms with Crippen LogP contribution in [0.15, 0.2) is 24.4 Å². The monoisotopic (exact) mass is 416 g/mol. The smallest absolute Gasteiger partial charge is 0.409 e. The second-order valence-electron chi connectivity index (χ2n) is 9.71. The van der Waals surface area contributed by atoms with Gasteiger partial charge in [-0.3, -0.25) is 14.7 Å². The van der Waals surface area contributed by atoms with E-state index < -0.39 is 0 Å². The predicted molar refractivity (Wildman–Crippen MR) is 116 cm³/mol. The quantitative estimate of drug-likeness (QED) is 0.799. The second kappa shape index (κ2) is 10.2. The standard InChI is InChI=1S/C23H36N4O3/c1-23(2,3)17-30-22(29)26-13-9-20(10-14-26)27-12-6-7-18(16-27)21(28)25-15-19-8-4-5-11-24-19/h4-5,8,11,18,20H,6-7,9-10,12-17H2,1-3H3,(H,25,28)/t18-/m0/s1. The van der Waals surface area contributed by atoms with Crippen LogP contribution in [0, 0.1) is 11.3 Å². The molecule has 7 heteroatoms. The molecule has 0 spiro atoms. The molecule has 2 amide bonds. The van der Waals surface area contributed by atoms with Gasteiger partial charge in [0.2, 0.25) is 5.91 Å². The molecule has 2 aliphatic rings. The summed E-state index contributed by atoms with van der Waals surface area (Å²) in [5.74, 6) is 0.144. The number of rotatable bonds is 5. The first-order chi connectivity index (χ1) is 14.3. The fourth-order valence-electron chi connectivity index (χ4n) is 4.16. The van der Waals surface area contributed by atoms with Crippen LogP contribution in [0.4, 0.5) is 4.79 Å². The molecule has 3 heterocycles. The first kappa shape index (κ1) is 22.5. The molecule has 2 saturated heterocycles. The number of hydrogen-bond donors (Lipinski definition) is 1. The van der Waals surface area contributed by atoms with Crippen LogP contribution in [0.5, 0.6) is 0 Å². The number of amides is 2. The molecule has 0 unspecified atom stereocenters. The van der Waals surface area contributed by atoms with E-state index in [4.69, 9.17) is 4.74 Å². The Bertz CT molecular complexity index is 696. The summed E-state index contributed by atoms with van der Waals surface area (Å²) >= 11 is 0. The van der Waals surface area contributed by atoms with Crippen molar-refractivity contribution in [1.29, 1.82) is 0 Å². The zero-order valence-corrected chi connectivity index (χ0v) is 18.6. The molecule has 30 heavy (non-hydrogen) atoms. The van der Waals surface area contributed by atoms with Crippen molar-refractivity contribution in [2.75, 3.05) is 32.8 Å². The zero-order chi connectivity index (χ0) is 21.6. The third-order valence-corrected chi connectivity index (χ3v) is 5.86. The second-order valence-corrected chi connectivity index (χ2v) is 9.71. The Morgan fingerprint density at radius 2 is 1.93 bits per heavy atom. The van der Waals surface area contributed by atoms with Gasteiger partial charge < -0.3 is 15.0 Å². The van der Waals surface area contributed by atoms with Crippen molar-refractivity contribution >= 4 is 12.0 Å². The summed E-state index contributed by atoms with van der Waals surface area (Å²) in [5.41, 5.74) is 0.859. The maximum Gasteiger partial charge on any atom is 0.409 e. The number of aromatic nitrogens is 1. The van der Waals surface area contributed by atoms with Crippen LogP contribution in [-0.4, -0.2) is 65.6 Å². The minimum atomic E-state index is -0.200. The van der Waals surface area contributed by atoms with Gasteiger partial charge in [0, 0.05) is 31.9 Å². The van der Waals surface area contributed by atoms with Gasteiger partial charge in [-0.05, 0) is 49.8 Å². The van der Waals surface area contributed by atoms with E-state index in [2.05, 4.69) is 36.0 Å². The molecular weight excluding hydrogens is 380 g/mol. The number of piperidine rings is 2. The zero-order valence-electron chi connectivity index (χ0n) is 18.6. The highest BCUT2D eigenvalue weighted by molar-refractivity contribution is 5.78. The summed E-state index contributed by atoms with van der Waals surface area (Å²) in [6, 6.07) is 6.17. The van der Waals surface area contributed by atoms with Crippen LogP contribution < -0.4 is 5.32 Å². The number of ether oxygens (including phenoxy) is 1. The van der Waals surface area contributed by atoms with Crippen molar-refractivity contribution in [3.8, 4) is 0 Å². The van der Waals surface area contributed by atoms with E-state index in [0.29, 0.717) is 19.2 Å². The van der Waals surface area contributed by atoms with Crippen molar-refractivity contribution in [2.45, 2.75) is 59.0 Å². The Hall–Kier alpha value is -2.15. The Kier molecular flexibility index (Phi) is 7.69. The Balaban J connectivity index is 1.42. The lowest BCUT2D eigenvalue weighted by atomic mass is 9.93. The maximum absolute atomic E-state index is 12.7. The summed E-state index contributed by atoms with van der Waals surface area (Å²) in [7, 11) is 0. The van der Waals surface area contributed by atoms with Gasteiger partial charge in [0.15, 0.2) is 0 Å². The molecule has 0 aromatic carbocycles. The lowest BCUT2D eigenvalue weighted by Crippen LogP contribution is -2.51. The summed E-state index contributed by atoms with van der Waals surface area (Å²) in [5, 5.41) is 3.04. The van der Waals surface area contributed by atoms with Gasteiger partial charge in [-0.25, -0.2) is 4.79 Å². The van der Waals surface area contributed by atoms with E-state index >= 15 is 0 Å². The molecule has 2 fully saturated rings. The molecule has 0 aliphatic carbocycles. The molecule has 0 bridgehead atoms. The molecule has 3 rings (SSSR count). The highest BCUT2D eigenvalue weighted by Gasteiger charge is 2.33. The van der Waals surface area contributed by atoms with Crippen LogP contribution in [-0.2, 0) is 16.1 Å². The van der Waals surface area contributed by atoms with Crippen LogP contribution in [0.25, 0.3) is 0 Å². The molecule has 1 N–H and O–H groups in total. The maximum atomic E-state index is 12.7. The van der Waals surface area contributed by atoms with E-state index in [1.54, 1.807) is 6.20 Å². The lowest BCUT2D eigenvalue weighted by molar-refractivity contribution is -0.127. The minimum absolute atomic E-state index is 0.0199. The first-order valence-corrected chi connectivity index (χ1v) is 11.2. The minimum Gasteiger partial charge on any atom is -0.449 e.